The van der Waals surface area contributed by atoms with Crippen molar-refractivity contribution >= 4 is 33.0 Å². The average Bonchev–Trinajstić information content (AvgIpc) is 2.59. The third kappa shape index (κ3) is 2.80. The van der Waals surface area contributed by atoms with Gasteiger partial charge in [-0.05, 0) is 30.5 Å². The van der Waals surface area contributed by atoms with E-state index in [1.54, 1.807) is 18.2 Å². The predicted molar refractivity (Wildman–Crippen MR) is 71.5 cm³/mol. The van der Waals surface area contributed by atoms with Crippen molar-refractivity contribution in [3.63, 3.8) is 0 Å². The molecule has 1 unspecified atom stereocenters. The van der Waals surface area contributed by atoms with Crippen LogP contribution in [0, 0.1) is 16.7 Å². The Morgan fingerprint density at radius 2 is 2.11 bits per heavy atom. The smallest absolute Gasteiger partial charge is 0.151 e. The van der Waals surface area contributed by atoms with Crippen LogP contribution >= 0.6 is 23.2 Å². The first-order chi connectivity index (χ1) is 8.36. The van der Waals surface area contributed by atoms with Crippen LogP contribution in [0.5, 0.6) is 0 Å². The summed E-state index contributed by atoms with van der Waals surface area (Å²) in [6.07, 6.45) is 0.712. The maximum atomic E-state index is 11.5. The second kappa shape index (κ2) is 4.73. The predicted octanol–water partition coefficient (Wildman–Crippen LogP) is 2.86. The van der Waals surface area contributed by atoms with Crippen molar-refractivity contribution in [3.8, 4) is 6.07 Å². The second-order valence-corrected chi connectivity index (χ2v) is 7.67. The Hall–Kier alpha value is -0.760. The van der Waals surface area contributed by atoms with Crippen molar-refractivity contribution in [1.29, 1.82) is 5.26 Å². The van der Waals surface area contributed by atoms with Gasteiger partial charge < -0.3 is 0 Å². The molecule has 18 heavy (non-hydrogen) atoms. The molecule has 1 aromatic rings. The van der Waals surface area contributed by atoms with Crippen molar-refractivity contribution < 1.29 is 8.42 Å². The van der Waals surface area contributed by atoms with Gasteiger partial charge in [0.2, 0.25) is 0 Å². The van der Waals surface area contributed by atoms with E-state index < -0.39 is 15.3 Å². The van der Waals surface area contributed by atoms with Crippen LogP contribution in [0.15, 0.2) is 18.2 Å². The molecule has 0 saturated carbocycles. The fraction of sp³-hybridized carbons (Fsp3) is 0.417. The molecular formula is C12H11Cl2NO2S. The van der Waals surface area contributed by atoms with Crippen LogP contribution in [0.3, 0.4) is 0 Å². The Morgan fingerprint density at radius 3 is 2.61 bits per heavy atom. The SMILES string of the molecule is N#CC1(Cc2ccc(Cl)cc2Cl)CCS(=O)(=O)C1. The molecule has 2 rings (SSSR count). The van der Waals surface area contributed by atoms with E-state index in [2.05, 4.69) is 6.07 Å². The lowest BCUT2D eigenvalue weighted by molar-refractivity contribution is 0.451. The first-order valence-electron chi connectivity index (χ1n) is 5.41. The normalized spacial score (nSPS) is 25.8. The Morgan fingerprint density at radius 1 is 1.39 bits per heavy atom. The Labute approximate surface area is 116 Å². The summed E-state index contributed by atoms with van der Waals surface area (Å²) in [6.45, 7) is 0. The topological polar surface area (TPSA) is 57.9 Å². The van der Waals surface area contributed by atoms with Crippen LogP contribution in [0.2, 0.25) is 10.0 Å². The van der Waals surface area contributed by atoms with Crippen molar-refractivity contribution in [2.75, 3.05) is 11.5 Å². The van der Waals surface area contributed by atoms with Crippen LogP contribution in [-0.4, -0.2) is 19.9 Å². The molecule has 0 N–H and O–H groups in total. The Balaban J connectivity index is 2.30. The highest BCUT2D eigenvalue weighted by Crippen LogP contribution is 2.37. The molecular weight excluding hydrogens is 293 g/mol. The first kappa shape index (κ1) is 13.7. The van der Waals surface area contributed by atoms with Gasteiger partial charge in [-0.15, -0.1) is 0 Å². The molecule has 1 aliphatic heterocycles. The highest BCUT2D eigenvalue weighted by molar-refractivity contribution is 7.91. The second-order valence-electron chi connectivity index (χ2n) is 4.65. The minimum Gasteiger partial charge on any atom is -0.229 e. The van der Waals surface area contributed by atoms with Crippen LogP contribution in [0.25, 0.3) is 0 Å². The molecule has 6 heteroatoms. The molecule has 1 aromatic carbocycles. The highest BCUT2D eigenvalue weighted by Gasteiger charge is 2.42. The lowest BCUT2D eigenvalue weighted by Crippen LogP contribution is -2.23. The summed E-state index contributed by atoms with van der Waals surface area (Å²) < 4.78 is 23.1. The minimum absolute atomic E-state index is 0.0752. The fourth-order valence-electron chi connectivity index (χ4n) is 2.21. The van der Waals surface area contributed by atoms with Gasteiger partial charge in [0.25, 0.3) is 0 Å². The summed E-state index contributed by atoms with van der Waals surface area (Å²) in [6, 6.07) is 7.19. The lowest BCUT2D eigenvalue weighted by atomic mass is 9.83. The average molecular weight is 304 g/mol. The van der Waals surface area contributed by atoms with Crippen molar-refractivity contribution in [3.05, 3.63) is 33.8 Å². The van der Waals surface area contributed by atoms with Crippen LogP contribution < -0.4 is 0 Å². The number of halogens is 2. The van der Waals surface area contributed by atoms with Crippen LogP contribution in [0.1, 0.15) is 12.0 Å². The first-order valence-corrected chi connectivity index (χ1v) is 7.99. The van der Waals surface area contributed by atoms with Crippen molar-refractivity contribution in [2.24, 2.45) is 5.41 Å². The molecule has 1 atom stereocenters. The van der Waals surface area contributed by atoms with E-state index in [0.29, 0.717) is 22.9 Å². The summed E-state index contributed by atoms with van der Waals surface area (Å²) in [5, 5.41) is 10.3. The fourth-order valence-corrected chi connectivity index (χ4v) is 4.69. The standard InChI is InChI=1S/C12H11Cl2NO2S/c13-10-2-1-9(11(14)5-10)6-12(7-15)3-4-18(16,17)8-12/h1-2,5H,3-4,6,8H2. The van der Waals surface area contributed by atoms with E-state index in [1.165, 1.54) is 0 Å². The molecule has 1 aliphatic rings. The van der Waals surface area contributed by atoms with E-state index in [4.69, 9.17) is 23.2 Å². The van der Waals surface area contributed by atoms with E-state index >= 15 is 0 Å². The monoisotopic (exact) mass is 303 g/mol. The van der Waals surface area contributed by atoms with Crippen LogP contribution in [-0.2, 0) is 16.3 Å². The van der Waals surface area contributed by atoms with Gasteiger partial charge in [0.1, 0.15) is 0 Å². The zero-order valence-corrected chi connectivity index (χ0v) is 11.8. The maximum absolute atomic E-state index is 11.5. The van der Waals surface area contributed by atoms with E-state index in [0.717, 1.165) is 5.56 Å². The van der Waals surface area contributed by atoms with Gasteiger partial charge in [0.05, 0.1) is 23.0 Å². The molecule has 0 aromatic heterocycles. The van der Waals surface area contributed by atoms with E-state index in [1.807, 2.05) is 0 Å². The molecule has 0 bridgehead atoms. The number of nitriles is 1. The number of sulfone groups is 1. The van der Waals surface area contributed by atoms with Gasteiger partial charge in [0.15, 0.2) is 9.84 Å². The largest absolute Gasteiger partial charge is 0.229 e. The van der Waals surface area contributed by atoms with Gasteiger partial charge in [-0.2, -0.15) is 5.26 Å². The van der Waals surface area contributed by atoms with Crippen molar-refractivity contribution in [2.45, 2.75) is 12.8 Å². The molecule has 96 valence electrons. The Bertz CT molecular complexity index is 621. The molecule has 3 nitrogen and oxygen atoms in total. The third-order valence-corrected chi connectivity index (χ3v) is 5.57. The van der Waals surface area contributed by atoms with E-state index in [-0.39, 0.29) is 11.5 Å². The quantitative estimate of drug-likeness (QED) is 0.844. The van der Waals surface area contributed by atoms with Gasteiger partial charge in [0, 0.05) is 10.0 Å². The maximum Gasteiger partial charge on any atom is 0.151 e. The molecule has 1 fully saturated rings. The highest BCUT2D eigenvalue weighted by atomic mass is 35.5. The molecule has 1 saturated heterocycles. The van der Waals surface area contributed by atoms with Gasteiger partial charge >= 0.3 is 0 Å². The number of nitrogens with zero attached hydrogens (tertiary/aromatic N) is 1. The summed E-state index contributed by atoms with van der Waals surface area (Å²) in [4.78, 5) is 0. The molecule has 0 radical (unpaired) electrons. The summed E-state index contributed by atoms with van der Waals surface area (Å²) in [5.41, 5.74) is -0.0873. The van der Waals surface area contributed by atoms with Gasteiger partial charge in [-0.25, -0.2) is 8.42 Å². The minimum atomic E-state index is -3.10. The summed E-state index contributed by atoms with van der Waals surface area (Å²) in [7, 11) is -3.10. The summed E-state index contributed by atoms with van der Waals surface area (Å²) in [5.74, 6) is -0.0127. The molecule has 1 heterocycles. The summed E-state index contributed by atoms with van der Waals surface area (Å²) >= 11 is 11.9. The van der Waals surface area contributed by atoms with Crippen LogP contribution in [0.4, 0.5) is 0 Å². The zero-order valence-electron chi connectivity index (χ0n) is 9.49. The molecule has 0 amide bonds. The van der Waals surface area contributed by atoms with Crippen molar-refractivity contribution in [1.82, 2.24) is 0 Å². The molecule has 0 spiro atoms. The Kier molecular flexibility index (Phi) is 3.59. The number of hydrogen-bond acceptors (Lipinski definition) is 3. The van der Waals surface area contributed by atoms with E-state index in [9.17, 15) is 13.7 Å². The van der Waals surface area contributed by atoms with Gasteiger partial charge in [-0.1, -0.05) is 29.3 Å². The van der Waals surface area contributed by atoms with Gasteiger partial charge in [-0.3, -0.25) is 0 Å². The zero-order chi connectivity index (χ0) is 13.4. The number of benzene rings is 1. The number of rotatable bonds is 2. The molecule has 0 aliphatic carbocycles. The third-order valence-electron chi connectivity index (χ3n) is 3.17. The lowest BCUT2D eigenvalue weighted by Gasteiger charge is -2.19. The number of hydrogen-bond donors (Lipinski definition) is 0.